The molecule has 5 nitrogen and oxygen atoms in total. The smallest absolute Gasteiger partial charge is 0.313 e. The summed E-state index contributed by atoms with van der Waals surface area (Å²) in [4.78, 5) is 22.9. The standard InChI is InChI=1S/C17H20O5/c1-4-15(10-14(18)11-17(19)21-5-2)22-12-13-6-8-16(20-3)9-7-13/h1,6-9,15H,5,10-12H2,2-3H3. The van der Waals surface area contributed by atoms with Gasteiger partial charge in [-0.3, -0.25) is 9.59 Å². The van der Waals surface area contributed by atoms with Gasteiger partial charge in [-0.05, 0) is 24.6 Å². The zero-order chi connectivity index (χ0) is 16.4. The molecule has 0 aliphatic rings. The number of terminal acetylenes is 1. The minimum atomic E-state index is -0.663. The van der Waals surface area contributed by atoms with Gasteiger partial charge in [0.15, 0.2) is 0 Å². The molecule has 1 atom stereocenters. The fraction of sp³-hybridized carbons (Fsp3) is 0.412. The molecule has 0 N–H and O–H groups in total. The molecule has 0 heterocycles. The number of esters is 1. The number of carbonyl (C=O) groups is 2. The maximum atomic E-state index is 11.7. The molecule has 5 heteroatoms. The summed E-state index contributed by atoms with van der Waals surface area (Å²) in [5.41, 5.74) is 0.916. The zero-order valence-corrected chi connectivity index (χ0v) is 12.8. The lowest BCUT2D eigenvalue weighted by Crippen LogP contribution is -2.19. The molecule has 1 rings (SSSR count). The Balaban J connectivity index is 2.42. The number of hydrogen-bond acceptors (Lipinski definition) is 5. The zero-order valence-electron chi connectivity index (χ0n) is 12.8. The topological polar surface area (TPSA) is 61.8 Å². The highest BCUT2D eigenvalue weighted by molar-refractivity contribution is 5.95. The molecule has 0 aromatic heterocycles. The van der Waals surface area contributed by atoms with Crippen LogP contribution in [0.4, 0.5) is 0 Å². The van der Waals surface area contributed by atoms with Crippen LogP contribution in [0.3, 0.4) is 0 Å². The van der Waals surface area contributed by atoms with E-state index in [1.165, 1.54) is 0 Å². The molecular weight excluding hydrogens is 284 g/mol. The summed E-state index contributed by atoms with van der Waals surface area (Å²) in [6.45, 7) is 2.22. The Morgan fingerprint density at radius 1 is 1.27 bits per heavy atom. The van der Waals surface area contributed by atoms with Crippen molar-refractivity contribution in [3.8, 4) is 18.1 Å². The lowest BCUT2D eigenvalue weighted by Gasteiger charge is -2.12. The fourth-order valence-corrected chi connectivity index (χ4v) is 1.74. The summed E-state index contributed by atoms with van der Waals surface area (Å²) in [6, 6.07) is 7.34. The summed E-state index contributed by atoms with van der Waals surface area (Å²) in [5, 5.41) is 0. The van der Waals surface area contributed by atoms with Gasteiger partial charge in [-0.15, -0.1) is 6.42 Å². The van der Waals surface area contributed by atoms with E-state index < -0.39 is 12.1 Å². The highest BCUT2D eigenvalue weighted by atomic mass is 16.5. The Morgan fingerprint density at radius 2 is 1.95 bits per heavy atom. The second kappa shape index (κ2) is 9.59. The predicted molar refractivity (Wildman–Crippen MR) is 81.3 cm³/mol. The first-order valence-electron chi connectivity index (χ1n) is 6.97. The minimum absolute atomic E-state index is 0.00846. The summed E-state index contributed by atoms with van der Waals surface area (Å²) in [7, 11) is 1.59. The van der Waals surface area contributed by atoms with Crippen molar-refractivity contribution in [3.63, 3.8) is 0 Å². The number of carbonyl (C=O) groups excluding carboxylic acids is 2. The molecule has 118 valence electrons. The van der Waals surface area contributed by atoms with E-state index >= 15 is 0 Å². The quantitative estimate of drug-likeness (QED) is 0.397. The fourth-order valence-electron chi connectivity index (χ4n) is 1.74. The van der Waals surface area contributed by atoms with Crippen molar-refractivity contribution in [3.05, 3.63) is 29.8 Å². The average Bonchev–Trinajstić information content (AvgIpc) is 2.52. The lowest BCUT2D eigenvalue weighted by atomic mass is 10.1. The van der Waals surface area contributed by atoms with E-state index in [0.29, 0.717) is 0 Å². The van der Waals surface area contributed by atoms with E-state index in [0.717, 1.165) is 11.3 Å². The second-order valence-corrected chi connectivity index (χ2v) is 4.54. The molecule has 1 unspecified atom stereocenters. The number of hydrogen-bond donors (Lipinski definition) is 0. The molecule has 0 amide bonds. The van der Waals surface area contributed by atoms with Gasteiger partial charge in [0.2, 0.25) is 0 Å². The normalized spacial score (nSPS) is 11.3. The van der Waals surface area contributed by atoms with Crippen molar-refractivity contribution in [1.82, 2.24) is 0 Å². The van der Waals surface area contributed by atoms with Crippen LogP contribution >= 0.6 is 0 Å². The van der Waals surface area contributed by atoms with Gasteiger partial charge in [-0.2, -0.15) is 0 Å². The molecule has 0 saturated heterocycles. The van der Waals surface area contributed by atoms with Gasteiger partial charge in [0.25, 0.3) is 0 Å². The SMILES string of the molecule is C#CC(CC(=O)CC(=O)OCC)OCc1ccc(OC)cc1. The molecule has 0 spiro atoms. The Bertz CT molecular complexity index is 527. The van der Waals surface area contributed by atoms with Gasteiger partial charge in [0.1, 0.15) is 24.1 Å². The monoisotopic (exact) mass is 304 g/mol. The first-order valence-corrected chi connectivity index (χ1v) is 6.97. The molecule has 0 aliphatic heterocycles. The number of rotatable bonds is 9. The molecule has 0 fully saturated rings. The molecule has 22 heavy (non-hydrogen) atoms. The van der Waals surface area contributed by atoms with Crippen molar-refractivity contribution in [2.75, 3.05) is 13.7 Å². The first kappa shape index (κ1) is 17.7. The lowest BCUT2D eigenvalue weighted by molar-refractivity contribution is -0.145. The third-order valence-corrected chi connectivity index (χ3v) is 2.86. The Labute approximate surface area is 130 Å². The van der Waals surface area contributed by atoms with Crippen LogP contribution in [0.15, 0.2) is 24.3 Å². The molecule has 0 radical (unpaired) electrons. The van der Waals surface area contributed by atoms with Crippen LogP contribution in [0.1, 0.15) is 25.3 Å². The van der Waals surface area contributed by atoms with E-state index in [1.54, 1.807) is 14.0 Å². The van der Waals surface area contributed by atoms with Crippen LogP contribution in [-0.2, 0) is 25.7 Å². The molecule has 1 aromatic carbocycles. The largest absolute Gasteiger partial charge is 0.497 e. The van der Waals surface area contributed by atoms with E-state index in [1.807, 2.05) is 24.3 Å². The highest BCUT2D eigenvalue weighted by Gasteiger charge is 2.16. The van der Waals surface area contributed by atoms with Crippen molar-refractivity contribution in [1.29, 1.82) is 0 Å². The number of benzene rings is 1. The highest BCUT2D eigenvalue weighted by Crippen LogP contribution is 2.13. The number of methoxy groups -OCH3 is 1. The molecule has 0 bridgehead atoms. The van der Waals surface area contributed by atoms with Crippen molar-refractivity contribution < 1.29 is 23.8 Å². The predicted octanol–water partition coefficient (Wildman–Crippen LogP) is 2.13. The minimum Gasteiger partial charge on any atom is -0.497 e. The maximum absolute atomic E-state index is 11.7. The van der Waals surface area contributed by atoms with Crippen molar-refractivity contribution in [2.45, 2.75) is 32.5 Å². The van der Waals surface area contributed by atoms with Gasteiger partial charge in [0.05, 0.1) is 20.3 Å². The van der Waals surface area contributed by atoms with Crippen LogP contribution in [0.2, 0.25) is 0 Å². The Hall–Kier alpha value is -2.32. The summed E-state index contributed by atoms with van der Waals surface area (Å²) in [5.74, 6) is 2.32. The molecular formula is C17H20O5. The van der Waals surface area contributed by atoms with Gasteiger partial charge in [-0.25, -0.2) is 0 Å². The average molecular weight is 304 g/mol. The Morgan fingerprint density at radius 3 is 2.50 bits per heavy atom. The van der Waals surface area contributed by atoms with E-state index in [2.05, 4.69) is 5.92 Å². The number of Topliss-reactive ketones (excluding diaryl/α,β-unsaturated/α-hetero) is 1. The summed E-state index contributed by atoms with van der Waals surface area (Å²) >= 11 is 0. The van der Waals surface area contributed by atoms with Gasteiger partial charge >= 0.3 is 5.97 Å². The van der Waals surface area contributed by atoms with Crippen molar-refractivity contribution >= 4 is 11.8 Å². The van der Waals surface area contributed by atoms with E-state index in [-0.39, 0.29) is 31.8 Å². The van der Waals surface area contributed by atoms with Crippen LogP contribution in [0.25, 0.3) is 0 Å². The van der Waals surface area contributed by atoms with Crippen LogP contribution in [0, 0.1) is 12.3 Å². The van der Waals surface area contributed by atoms with Gasteiger partial charge in [0, 0.05) is 6.42 Å². The van der Waals surface area contributed by atoms with Crippen molar-refractivity contribution in [2.24, 2.45) is 0 Å². The third-order valence-electron chi connectivity index (χ3n) is 2.86. The second-order valence-electron chi connectivity index (χ2n) is 4.54. The maximum Gasteiger partial charge on any atom is 0.313 e. The molecule has 0 aliphatic carbocycles. The summed E-state index contributed by atoms with van der Waals surface area (Å²) < 4.78 is 15.3. The van der Waals surface area contributed by atoms with E-state index in [4.69, 9.17) is 20.6 Å². The molecule has 1 aromatic rings. The van der Waals surface area contributed by atoms with E-state index in [9.17, 15) is 9.59 Å². The molecule has 0 saturated carbocycles. The van der Waals surface area contributed by atoms with Crippen LogP contribution in [-0.4, -0.2) is 31.6 Å². The summed E-state index contributed by atoms with van der Waals surface area (Å²) in [6.07, 6.45) is 4.41. The van der Waals surface area contributed by atoms with Crippen LogP contribution in [0.5, 0.6) is 5.75 Å². The number of ketones is 1. The Kier molecular flexibility index (Phi) is 7.73. The first-order chi connectivity index (χ1) is 10.6. The van der Waals surface area contributed by atoms with Gasteiger partial charge < -0.3 is 14.2 Å². The van der Waals surface area contributed by atoms with Gasteiger partial charge in [-0.1, -0.05) is 18.1 Å². The third kappa shape index (κ3) is 6.42. The number of ether oxygens (including phenoxy) is 3. The van der Waals surface area contributed by atoms with Crippen LogP contribution < -0.4 is 4.74 Å².